The smallest absolute Gasteiger partial charge is 0.0588 e. The van der Waals surface area contributed by atoms with E-state index in [0.29, 0.717) is 29.0 Å². The predicted octanol–water partition coefficient (Wildman–Crippen LogP) is 3.29. The molecule has 124 valence electrons. The molecular weight excluding hydrogens is 260 g/mol. The molecule has 2 saturated heterocycles. The van der Waals surface area contributed by atoms with E-state index in [0.717, 1.165) is 19.7 Å². The molecule has 2 fully saturated rings. The minimum absolute atomic E-state index is 0.324. The summed E-state index contributed by atoms with van der Waals surface area (Å²) in [6.45, 7) is 18.6. The quantitative estimate of drug-likeness (QED) is 0.865. The molecule has 0 aromatic rings. The van der Waals surface area contributed by atoms with Crippen LogP contribution in [0.4, 0.5) is 0 Å². The molecule has 2 aliphatic heterocycles. The monoisotopic (exact) mass is 296 g/mol. The Morgan fingerprint density at radius 1 is 1.10 bits per heavy atom. The van der Waals surface area contributed by atoms with E-state index in [4.69, 9.17) is 4.74 Å². The first kappa shape index (κ1) is 17.2. The fourth-order valence-corrected chi connectivity index (χ4v) is 3.67. The second kappa shape index (κ2) is 6.55. The second-order valence-electron chi connectivity index (χ2n) is 9.13. The third-order valence-corrected chi connectivity index (χ3v) is 5.22. The normalized spacial score (nSPS) is 32.6. The maximum absolute atomic E-state index is 5.82. The molecular formula is C18H36N2O. The summed E-state index contributed by atoms with van der Waals surface area (Å²) in [4.78, 5) is 2.73. The molecule has 21 heavy (non-hydrogen) atoms. The van der Waals surface area contributed by atoms with Crippen molar-refractivity contribution in [2.75, 3.05) is 26.2 Å². The largest absolute Gasteiger partial charge is 0.378 e. The average Bonchev–Trinajstić information content (AvgIpc) is 2.86. The molecule has 2 heterocycles. The summed E-state index contributed by atoms with van der Waals surface area (Å²) in [7, 11) is 0. The number of ether oxygens (including phenoxy) is 1. The standard InChI is InChI=1S/C18H36N2O/c1-17(2,3)15-13-20(10-9-14-8-7-11-21-14)16(12-19-15)18(4,5)6/h14-16,19H,7-13H2,1-6H3. The van der Waals surface area contributed by atoms with E-state index in [2.05, 4.69) is 51.8 Å². The molecule has 3 atom stereocenters. The van der Waals surface area contributed by atoms with Crippen LogP contribution in [0, 0.1) is 10.8 Å². The molecule has 1 N–H and O–H groups in total. The zero-order valence-electron chi connectivity index (χ0n) is 15.0. The van der Waals surface area contributed by atoms with Gasteiger partial charge in [0.25, 0.3) is 0 Å². The highest BCUT2D eigenvalue weighted by Crippen LogP contribution is 2.31. The maximum atomic E-state index is 5.82. The Kier molecular flexibility index (Phi) is 5.38. The number of rotatable bonds is 3. The molecule has 0 bridgehead atoms. The van der Waals surface area contributed by atoms with Gasteiger partial charge in [-0.15, -0.1) is 0 Å². The van der Waals surface area contributed by atoms with Crippen LogP contribution >= 0.6 is 0 Å². The first-order valence-corrected chi connectivity index (χ1v) is 8.77. The van der Waals surface area contributed by atoms with Gasteiger partial charge in [-0.3, -0.25) is 4.90 Å². The van der Waals surface area contributed by atoms with Crippen LogP contribution in [-0.2, 0) is 4.74 Å². The third kappa shape index (κ3) is 4.67. The summed E-state index contributed by atoms with van der Waals surface area (Å²) in [6, 6.07) is 1.21. The van der Waals surface area contributed by atoms with E-state index in [9.17, 15) is 0 Å². The summed E-state index contributed by atoms with van der Waals surface area (Å²) < 4.78 is 5.82. The Morgan fingerprint density at radius 3 is 2.33 bits per heavy atom. The number of hydrogen-bond acceptors (Lipinski definition) is 3. The molecule has 3 nitrogen and oxygen atoms in total. The fourth-order valence-electron chi connectivity index (χ4n) is 3.67. The van der Waals surface area contributed by atoms with E-state index in [-0.39, 0.29) is 0 Å². The van der Waals surface area contributed by atoms with Crippen LogP contribution in [0.1, 0.15) is 60.8 Å². The highest BCUT2D eigenvalue weighted by molar-refractivity contribution is 4.96. The number of nitrogens with one attached hydrogen (secondary N) is 1. The Hall–Kier alpha value is -0.120. The molecule has 0 amide bonds. The number of nitrogens with zero attached hydrogens (tertiary/aromatic N) is 1. The Morgan fingerprint density at radius 2 is 1.81 bits per heavy atom. The first-order chi connectivity index (χ1) is 9.68. The van der Waals surface area contributed by atoms with Crippen molar-refractivity contribution in [1.82, 2.24) is 10.2 Å². The van der Waals surface area contributed by atoms with Gasteiger partial charge in [-0.1, -0.05) is 41.5 Å². The zero-order chi connectivity index (χ0) is 15.7. The number of hydrogen-bond donors (Lipinski definition) is 1. The second-order valence-corrected chi connectivity index (χ2v) is 9.13. The molecule has 3 unspecified atom stereocenters. The summed E-state index contributed by atoms with van der Waals surface area (Å²) in [5.74, 6) is 0. The van der Waals surface area contributed by atoms with Gasteiger partial charge in [0.2, 0.25) is 0 Å². The summed E-state index contributed by atoms with van der Waals surface area (Å²) in [6.07, 6.45) is 4.21. The highest BCUT2D eigenvalue weighted by Gasteiger charge is 2.38. The van der Waals surface area contributed by atoms with Gasteiger partial charge in [-0.2, -0.15) is 0 Å². The van der Waals surface area contributed by atoms with Gasteiger partial charge in [-0.05, 0) is 30.1 Å². The molecule has 0 radical (unpaired) electrons. The molecule has 0 aliphatic carbocycles. The lowest BCUT2D eigenvalue weighted by molar-refractivity contribution is 0.0159. The minimum atomic E-state index is 0.324. The molecule has 2 aliphatic rings. The van der Waals surface area contributed by atoms with Crippen LogP contribution in [0.2, 0.25) is 0 Å². The first-order valence-electron chi connectivity index (χ1n) is 8.77. The lowest BCUT2D eigenvalue weighted by Gasteiger charge is -2.49. The van der Waals surface area contributed by atoms with Crippen LogP contribution in [0.3, 0.4) is 0 Å². The van der Waals surface area contributed by atoms with Crippen molar-refractivity contribution in [2.45, 2.75) is 79.0 Å². The van der Waals surface area contributed by atoms with Gasteiger partial charge in [0.05, 0.1) is 6.10 Å². The van der Waals surface area contributed by atoms with Crippen molar-refractivity contribution >= 4 is 0 Å². The van der Waals surface area contributed by atoms with Gasteiger partial charge in [0.1, 0.15) is 0 Å². The van der Waals surface area contributed by atoms with Gasteiger partial charge < -0.3 is 10.1 Å². The topological polar surface area (TPSA) is 24.5 Å². The van der Waals surface area contributed by atoms with E-state index in [1.54, 1.807) is 0 Å². The Bertz CT molecular complexity index is 323. The molecule has 2 rings (SSSR count). The van der Waals surface area contributed by atoms with E-state index >= 15 is 0 Å². The van der Waals surface area contributed by atoms with Gasteiger partial charge in [0, 0.05) is 38.3 Å². The van der Waals surface area contributed by atoms with Crippen molar-refractivity contribution in [1.29, 1.82) is 0 Å². The summed E-state index contributed by atoms with van der Waals surface area (Å²) >= 11 is 0. The van der Waals surface area contributed by atoms with Crippen molar-refractivity contribution in [2.24, 2.45) is 10.8 Å². The van der Waals surface area contributed by atoms with Crippen LogP contribution in [0.25, 0.3) is 0 Å². The van der Waals surface area contributed by atoms with Crippen molar-refractivity contribution in [3.8, 4) is 0 Å². The van der Waals surface area contributed by atoms with Crippen molar-refractivity contribution in [3.05, 3.63) is 0 Å². The van der Waals surface area contributed by atoms with Gasteiger partial charge in [-0.25, -0.2) is 0 Å². The SMILES string of the molecule is CC(C)(C)C1CN(CCC2CCCO2)C(C(C)(C)C)CN1. The Balaban J connectivity index is 1.98. The average molecular weight is 296 g/mol. The highest BCUT2D eigenvalue weighted by atomic mass is 16.5. The molecule has 3 heteroatoms. The predicted molar refractivity (Wildman–Crippen MR) is 89.7 cm³/mol. The van der Waals surface area contributed by atoms with E-state index in [1.165, 1.54) is 25.8 Å². The Labute approximate surface area is 131 Å². The van der Waals surface area contributed by atoms with Crippen LogP contribution in [0.5, 0.6) is 0 Å². The molecule has 0 saturated carbocycles. The van der Waals surface area contributed by atoms with Gasteiger partial charge in [0.15, 0.2) is 0 Å². The van der Waals surface area contributed by atoms with E-state index < -0.39 is 0 Å². The lowest BCUT2D eigenvalue weighted by Crippen LogP contribution is -2.63. The molecule has 0 aromatic carbocycles. The van der Waals surface area contributed by atoms with Crippen LogP contribution < -0.4 is 5.32 Å². The summed E-state index contributed by atoms with van der Waals surface area (Å²) in [5, 5.41) is 3.80. The molecule has 0 aromatic heterocycles. The summed E-state index contributed by atoms with van der Waals surface area (Å²) in [5.41, 5.74) is 0.650. The van der Waals surface area contributed by atoms with Crippen molar-refractivity contribution < 1.29 is 4.74 Å². The van der Waals surface area contributed by atoms with Crippen molar-refractivity contribution in [3.63, 3.8) is 0 Å². The van der Waals surface area contributed by atoms with Crippen LogP contribution in [0.15, 0.2) is 0 Å². The zero-order valence-corrected chi connectivity index (χ0v) is 15.0. The fraction of sp³-hybridized carbons (Fsp3) is 1.00. The molecule has 0 spiro atoms. The lowest BCUT2D eigenvalue weighted by atomic mass is 9.79. The third-order valence-electron chi connectivity index (χ3n) is 5.22. The van der Waals surface area contributed by atoms with Crippen LogP contribution in [-0.4, -0.2) is 49.3 Å². The minimum Gasteiger partial charge on any atom is -0.378 e. The maximum Gasteiger partial charge on any atom is 0.0588 e. The number of piperazine rings is 1. The van der Waals surface area contributed by atoms with E-state index in [1.807, 2.05) is 0 Å². The van der Waals surface area contributed by atoms with Gasteiger partial charge >= 0.3 is 0 Å².